The van der Waals surface area contributed by atoms with Gasteiger partial charge in [0.1, 0.15) is 0 Å². The van der Waals surface area contributed by atoms with Gasteiger partial charge in [0.2, 0.25) is 5.91 Å². The maximum Gasteiger partial charge on any atom is 0.226 e. The standard InChI is InChI=1S/C26H31Cl2N3O2.C2H6/c1-16-23-25(2,24(32)30-16)10-9-21(26(23,29)17-3-5-18(27)6-4-17)20-8-7-19(15-22(20)28)31-11-13-33-14-12-31;1-2/h3-8,15-16,21,23H,9-14,29H2,1-2H3,(H,30,32);1-2H3. The van der Waals surface area contributed by atoms with E-state index >= 15 is 0 Å². The van der Waals surface area contributed by atoms with Crippen LogP contribution in [0.25, 0.3) is 0 Å². The van der Waals surface area contributed by atoms with E-state index in [1.165, 1.54) is 0 Å². The molecule has 0 spiro atoms. The largest absolute Gasteiger partial charge is 0.378 e. The maximum atomic E-state index is 13.0. The van der Waals surface area contributed by atoms with Crippen molar-refractivity contribution >= 4 is 34.8 Å². The summed E-state index contributed by atoms with van der Waals surface area (Å²) in [5.74, 6) is -0.0125. The average molecular weight is 519 g/mol. The molecule has 0 aromatic heterocycles. The van der Waals surface area contributed by atoms with Crippen LogP contribution in [0.3, 0.4) is 0 Å². The Labute approximate surface area is 219 Å². The lowest BCUT2D eigenvalue weighted by atomic mass is 9.52. The average Bonchev–Trinajstić information content (AvgIpc) is 3.10. The van der Waals surface area contributed by atoms with Crippen LogP contribution in [0.1, 0.15) is 57.6 Å². The van der Waals surface area contributed by atoms with Gasteiger partial charge < -0.3 is 20.7 Å². The molecule has 5 nitrogen and oxygen atoms in total. The van der Waals surface area contributed by atoms with Gasteiger partial charge in [-0.3, -0.25) is 4.79 Å². The fraction of sp³-hybridized carbons (Fsp3) is 0.536. The number of rotatable bonds is 3. The first-order valence-corrected chi connectivity index (χ1v) is 13.5. The maximum absolute atomic E-state index is 13.0. The van der Waals surface area contributed by atoms with Crippen LogP contribution < -0.4 is 16.0 Å². The number of ether oxygens (including phenoxy) is 1. The number of amides is 1. The van der Waals surface area contributed by atoms with Crippen molar-refractivity contribution in [2.24, 2.45) is 17.1 Å². The number of fused-ring (bicyclic) bond motifs is 1. The summed E-state index contributed by atoms with van der Waals surface area (Å²) in [6.45, 7) is 11.3. The lowest BCUT2D eigenvalue weighted by Crippen LogP contribution is -2.59. The zero-order valence-electron chi connectivity index (χ0n) is 21.1. The Morgan fingerprint density at radius 1 is 1.09 bits per heavy atom. The van der Waals surface area contributed by atoms with E-state index < -0.39 is 11.0 Å². The summed E-state index contributed by atoms with van der Waals surface area (Å²) in [7, 11) is 0. The molecule has 3 N–H and O–H groups in total. The third kappa shape index (κ3) is 4.46. The van der Waals surface area contributed by atoms with Gasteiger partial charge in [0.05, 0.1) is 24.2 Å². The molecule has 0 radical (unpaired) electrons. The topological polar surface area (TPSA) is 67.6 Å². The molecule has 2 aromatic carbocycles. The molecular weight excluding hydrogens is 481 g/mol. The highest BCUT2D eigenvalue weighted by atomic mass is 35.5. The SMILES string of the molecule is CC.CC1NC(=O)C2(C)CCC(c3ccc(N4CCOCC4)cc3Cl)C(N)(c3ccc(Cl)cc3)C12. The molecule has 2 heterocycles. The zero-order chi connectivity index (χ0) is 25.4. The summed E-state index contributed by atoms with van der Waals surface area (Å²) >= 11 is 13.2. The fourth-order valence-electron chi connectivity index (χ4n) is 6.61. The van der Waals surface area contributed by atoms with Gasteiger partial charge >= 0.3 is 0 Å². The van der Waals surface area contributed by atoms with Gasteiger partial charge in [-0.25, -0.2) is 0 Å². The van der Waals surface area contributed by atoms with E-state index in [4.69, 9.17) is 33.7 Å². The van der Waals surface area contributed by atoms with Crippen LogP contribution >= 0.6 is 23.2 Å². The second kappa shape index (κ2) is 10.3. The minimum atomic E-state index is -0.777. The van der Waals surface area contributed by atoms with Crippen molar-refractivity contribution in [2.75, 3.05) is 31.2 Å². The molecule has 1 saturated carbocycles. The third-order valence-electron chi connectivity index (χ3n) is 8.19. The van der Waals surface area contributed by atoms with Gasteiger partial charge in [0, 0.05) is 46.7 Å². The smallest absolute Gasteiger partial charge is 0.226 e. The van der Waals surface area contributed by atoms with E-state index in [9.17, 15) is 4.79 Å². The molecule has 1 aliphatic carbocycles. The Bertz CT molecular complexity index is 1060. The van der Waals surface area contributed by atoms with Gasteiger partial charge in [-0.15, -0.1) is 0 Å². The third-order valence-corrected chi connectivity index (χ3v) is 8.77. The van der Waals surface area contributed by atoms with Gasteiger partial charge in [0.15, 0.2) is 0 Å². The molecule has 5 rings (SSSR count). The molecule has 5 atom stereocenters. The molecule has 5 unspecified atom stereocenters. The number of carbonyl (C=O) groups excluding carboxylic acids is 1. The number of nitrogens with zero attached hydrogens (tertiary/aromatic N) is 1. The van der Waals surface area contributed by atoms with Crippen LogP contribution in [-0.4, -0.2) is 38.3 Å². The highest BCUT2D eigenvalue weighted by Crippen LogP contribution is 2.60. The van der Waals surface area contributed by atoms with Crippen molar-refractivity contribution in [3.05, 3.63) is 63.6 Å². The van der Waals surface area contributed by atoms with Crippen LogP contribution in [0.2, 0.25) is 10.0 Å². The Balaban J connectivity index is 0.00000141. The monoisotopic (exact) mass is 517 g/mol. The molecule has 2 saturated heterocycles. The minimum Gasteiger partial charge on any atom is -0.378 e. The van der Waals surface area contributed by atoms with Crippen LogP contribution in [-0.2, 0) is 15.1 Å². The Hall–Kier alpha value is -1.79. The van der Waals surface area contributed by atoms with Crippen LogP contribution in [0.15, 0.2) is 42.5 Å². The number of nitrogens with two attached hydrogens (primary N) is 1. The first kappa shape index (κ1) is 26.3. The number of morpholine rings is 1. The quantitative estimate of drug-likeness (QED) is 0.545. The first-order valence-electron chi connectivity index (χ1n) is 12.7. The molecular formula is C28H37Cl2N3O2. The molecule has 35 heavy (non-hydrogen) atoms. The summed E-state index contributed by atoms with van der Waals surface area (Å²) < 4.78 is 5.49. The molecule has 0 bridgehead atoms. The lowest BCUT2D eigenvalue weighted by Gasteiger charge is -2.53. The Morgan fingerprint density at radius 2 is 1.74 bits per heavy atom. The van der Waals surface area contributed by atoms with E-state index in [0.29, 0.717) is 5.02 Å². The van der Waals surface area contributed by atoms with E-state index in [1.54, 1.807) is 0 Å². The summed E-state index contributed by atoms with van der Waals surface area (Å²) in [4.78, 5) is 15.3. The molecule has 2 aromatic rings. The second-order valence-electron chi connectivity index (χ2n) is 9.99. The van der Waals surface area contributed by atoms with Crippen molar-refractivity contribution < 1.29 is 9.53 Å². The molecule has 3 fully saturated rings. The molecule has 190 valence electrons. The number of nitrogens with one attached hydrogen (secondary N) is 1. The van der Waals surface area contributed by atoms with E-state index in [1.807, 2.05) is 38.1 Å². The second-order valence-corrected chi connectivity index (χ2v) is 10.8. The van der Waals surface area contributed by atoms with Crippen LogP contribution in [0, 0.1) is 11.3 Å². The van der Waals surface area contributed by atoms with Crippen molar-refractivity contribution in [2.45, 2.75) is 58.0 Å². The Kier molecular flexibility index (Phi) is 7.73. The molecule has 3 aliphatic rings. The van der Waals surface area contributed by atoms with E-state index in [-0.39, 0.29) is 23.8 Å². The van der Waals surface area contributed by atoms with E-state index in [2.05, 4.69) is 42.3 Å². The van der Waals surface area contributed by atoms with Crippen molar-refractivity contribution in [3.63, 3.8) is 0 Å². The number of hydrogen-bond acceptors (Lipinski definition) is 4. The predicted molar refractivity (Wildman–Crippen MR) is 144 cm³/mol. The molecule has 1 amide bonds. The Morgan fingerprint density at radius 3 is 2.37 bits per heavy atom. The van der Waals surface area contributed by atoms with Crippen molar-refractivity contribution in [1.29, 1.82) is 0 Å². The van der Waals surface area contributed by atoms with Crippen molar-refractivity contribution in [3.8, 4) is 0 Å². The lowest BCUT2D eigenvalue weighted by molar-refractivity contribution is -0.131. The summed E-state index contributed by atoms with van der Waals surface area (Å²) in [6, 6.07) is 14.1. The predicted octanol–water partition coefficient (Wildman–Crippen LogP) is 5.73. The number of benzene rings is 2. The van der Waals surface area contributed by atoms with E-state index in [0.717, 1.165) is 61.0 Å². The van der Waals surface area contributed by atoms with Crippen LogP contribution in [0.4, 0.5) is 5.69 Å². The number of hydrogen-bond donors (Lipinski definition) is 2. The number of halogens is 2. The van der Waals surface area contributed by atoms with Gasteiger partial charge in [-0.2, -0.15) is 0 Å². The highest BCUT2D eigenvalue weighted by molar-refractivity contribution is 6.31. The van der Waals surface area contributed by atoms with Crippen molar-refractivity contribution in [1.82, 2.24) is 5.32 Å². The van der Waals surface area contributed by atoms with Crippen LogP contribution in [0.5, 0.6) is 0 Å². The molecule has 7 heteroatoms. The summed E-state index contributed by atoms with van der Waals surface area (Å²) in [5, 5.41) is 4.57. The normalized spacial score (nSPS) is 32.4. The molecule has 2 aliphatic heterocycles. The first-order chi connectivity index (χ1) is 16.7. The zero-order valence-corrected chi connectivity index (χ0v) is 22.6. The van der Waals surface area contributed by atoms with Gasteiger partial charge in [-0.05, 0) is 55.2 Å². The number of carbonyl (C=O) groups is 1. The number of anilines is 1. The van der Waals surface area contributed by atoms with Gasteiger partial charge in [0.25, 0.3) is 0 Å². The summed E-state index contributed by atoms with van der Waals surface area (Å²) in [6.07, 6.45) is 1.55. The summed E-state index contributed by atoms with van der Waals surface area (Å²) in [5.41, 5.74) is 9.29. The van der Waals surface area contributed by atoms with Gasteiger partial charge in [-0.1, -0.05) is 62.2 Å². The highest BCUT2D eigenvalue weighted by Gasteiger charge is 2.63. The fourth-order valence-corrected chi connectivity index (χ4v) is 7.04. The minimum absolute atomic E-state index is 0.0295.